The molecule has 11 heteroatoms. The Morgan fingerprint density at radius 2 is 1.75 bits per heavy atom. The van der Waals surface area contributed by atoms with Crippen LogP contribution in [0.2, 0.25) is 5.02 Å². The highest BCUT2D eigenvalue weighted by Gasteiger charge is 2.39. The van der Waals surface area contributed by atoms with Crippen molar-refractivity contribution in [1.82, 2.24) is 9.73 Å². The lowest BCUT2D eigenvalue weighted by molar-refractivity contribution is -0.124. The number of amides is 1. The smallest absolute Gasteiger partial charge is 0.258 e. The summed E-state index contributed by atoms with van der Waals surface area (Å²) in [6.45, 7) is 0.250. The van der Waals surface area contributed by atoms with Gasteiger partial charge in [-0.25, -0.2) is 13.8 Å². The maximum Gasteiger partial charge on any atom is 0.258 e. The zero-order valence-corrected chi connectivity index (χ0v) is 19.4. The van der Waals surface area contributed by atoms with E-state index in [1.807, 2.05) is 0 Å². The number of ether oxygens (including phenoxy) is 3. The number of benzene rings is 2. The maximum atomic E-state index is 13.0. The molecule has 1 atom stereocenters. The summed E-state index contributed by atoms with van der Waals surface area (Å²) in [5.41, 5.74) is 3.02. The van der Waals surface area contributed by atoms with Crippen molar-refractivity contribution in [3.05, 3.63) is 47.0 Å². The van der Waals surface area contributed by atoms with Crippen LogP contribution in [-0.2, 0) is 14.8 Å². The van der Waals surface area contributed by atoms with Crippen LogP contribution < -0.4 is 19.6 Å². The van der Waals surface area contributed by atoms with E-state index in [2.05, 4.69) is 10.5 Å². The van der Waals surface area contributed by atoms with Gasteiger partial charge < -0.3 is 14.2 Å². The van der Waals surface area contributed by atoms with Crippen LogP contribution in [0.5, 0.6) is 17.2 Å². The van der Waals surface area contributed by atoms with E-state index in [1.54, 1.807) is 12.1 Å². The van der Waals surface area contributed by atoms with Crippen LogP contribution in [0, 0.1) is 0 Å². The van der Waals surface area contributed by atoms with E-state index in [0.717, 1.165) is 0 Å². The lowest BCUT2D eigenvalue weighted by atomic mass is 10.2. The third kappa shape index (κ3) is 4.98. The fourth-order valence-corrected chi connectivity index (χ4v) is 5.24. The van der Waals surface area contributed by atoms with Crippen molar-refractivity contribution in [2.24, 2.45) is 5.10 Å². The summed E-state index contributed by atoms with van der Waals surface area (Å²) in [6, 6.07) is 8.34. The molecule has 0 aliphatic carbocycles. The molecule has 172 valence electrons. The number of nitrogens with one attached hydrogen (secondary N) is 1. The summed E-state index contributed by atoms with van der Waals surface area (Å²) in [5.74, 6) is 0.806. The van der Waals surface area contributed by atoms with Gasteiger partial charge in [0.2, 0.25) is 15.8 Å². The van der Waals surface area contributed by atoms with Gasteiger partial charge in [-0.2, -0.15) is 9.41 Å². The van der Waals surface area contributed by atoms with Crippen molar-refractivity contribution >= 4 is 33.7 Å². The van der Waals surface area contributed by atoms with E-state index in [9.17, 15) is 13.2 Å². The molecular weight excluding hydrogens is 458 g/mol. The lowest BCUT2D eigenvalue weighted by Crippen LogP contribution is -2.44. The molecule has 1 aliphatic heterocycles. The van der Waals surface area contributed by atoms with Crippen LogP contribution in [0.3, 0.4) is 0 Å². The van der Waals surface area contributed by atoms with E-state index < -0.39 is 22.0 Å². The molecule has 1 aliphatic rings. The Morgan fingerprint density at radius 1 is 1.12 bits per heavy atom. The Morgan fingerprint density at radius 3 is 2.31 bits per heavy atom. The van der Waals surface area contributed by atoms with Crippen LogP contribution in [0.25, 0.3) is 0 Å². The van der Waals surface area contributed by atoms with Crippen molar-refractivity contribution < 1.29 is 27.4 Å². The summed E-state index contributed by atoms with van der Waals surface area (Å²) in [4.78, 5) is 12.8. The number of methoxy groups -OCH3 is 3. The number of hydrogen-bond donors (Lipinski definition) is 1. The summed E-state index contributed by atoms with van der Waals surface area (Å²) in [7, 11) is 0.654. The molecule has 1 heterocycles. The van der Waals surface area contributed by atoms with Gasteiger partial charge in [0, 0.05) is 17.1 Å². The van der Waals surface area contributed by atoms with Crippen LogP contribution in [-0.4, -0.2) is 58.8 Å². The Hall–Kier alpha value is -2.82. The molecule has 3 rings (SSSR count). The highest BCUT2D eigenvalue weighted by molar-refractivity contribution is 7.89. The van der Waals surface area contributed by atoms with Gasteiger partial charge in [0.1, 0.15) is 6.04 Å². The summed E-state index contributed by atoms with van der Waals surface area (Å²) in [5, 5.41) is 4.41. The number of carbonyl (C=O) groups is 1. The molecule has 1 saturated heterocycles. The molecule has 0 radical (unpaired) electrons. The minimum atomic E-state index is -3.84. The quantitative estimate of drug-likeness (QED) is 0.459. The molecule has 0 saturated carbocycles. The Labute approximate surface area is 192 Å². The number of rotatable bonds is 8. The first-order valence-corrected chi connectivity index (χ1v) is 11.5. The Kier molecular flexibility index (Phi) is 7.60. The van der Waals surface area contributed by atoms with E-state index in [1.165, 1.54) is 56.1 Å². The standard InChI is InChI=1S/C21H24ClN3O6S/c1-29-18-11-14(12-19(30-2)20(18)31-3)13-23-24-21(26)17-5-4-10-25(17)32(27,28)16-8-6-15(22)7-9-16/h6-9,11-13,17H,4-5,10H2,1-3H3,(H,24,26)/b23-13-/t17-/m1/s1. The van der Waals surface area contributed by atoms with Gasteiger partial charge in [0.15, 0.2) is 11.5 Å². The monoisotopic (exact) mass is 481 g/mol. The zero-order valence-electron chi connectivity index (χ0n) is 17.9. The maximum absolute atomic E-state index is 13.0. The topological polar surface area (TPSA) is 107 Å². The predicted molar refractivity (Wildman–Crippen MR) is 120 cm³/mol. The van der Waals surface area contributed by atoms with Gasteiger partial charge in [-0.05, 0) is 49.2 Å². The van der Waals surface area contributed by atoms with Crippen molar-refractivity contribution in [2.75, 3.05) is 27.9 Å². The molecule has 0 unspecified atom stereocenters. The van der Waals surface area contributed by atoms with Crippen molar-refractivity contribution in [3.8, 4) is 17.2 Å². The lowest BCUT2D eigenvalue weighted by Gasteiger charge is -2.22. The van der Waals surface area contributed by atoms with E-state index >= 15 is 0 Å². The first-order chi connectivity index (χ1) is 15.3. The van der Waals surface area contributed by atoms with Crippen LogP contribution in [0.15, 0.2) is 46.4 Å². The highest BCUT2D eigenvalue weighted by Crippen LogP contribution is 2.37. The average molecular weight is 482 g/mol. The van der Waals surface area contributed by atoms with Gasteiger partial charge in [-0.15, -0.1) is 0 Å². The Balaban J connectivity index is 1.74. The zero-order chi connectivity index (χ0) is 23.3. The van der Waals surface area contributed by atoms with E-state index in [4.69, 9.17) is 25.8 Å². The molecule has 0 bridgehead atoms. The SMILES string of the molecule is COc1cc(/C=N\NC(=O)[C@H]2CCCN2S(=O)(=O)c2ccc(Cl)cc2)cc(OC)c1OC. The minimum Gasteiger partial charge on any atom is -0.493 e. The molecule has 1 N–H and O–H groups in total. The van der Waals surface area contributed by atoms with Gasteiger partial charge >= 0.3 is 0 Å². The third-order valence-electron chi connectivity index (χ3n) is 5.00. The third-order valence-corrected chi connectivity index (χ3v) is 7.18. The van der Waals surface area contributed by atoms with Gasteiger partial charge in [-0.1, -0.05) is 11.6 Å². The van der Waals surface area contributed by atoms with Crippen molar-refractivity contribution in [1.29, 1.82) is 0 Å². The summed E-state index contributed by atoms with van der Waals surface area (Å²) >= 11 is 5.85. The highest BCUT2D eigenvalue weighted by atomic mass is 35.5. The fourth-order valence-electron chi connectivity index (χ4n) is 3.45. The second-order valence-electron chi connectivity index (χ2n) is 6.92. The molecule has 2 aromatic rings. The van der Waals surface area contributed by atoms with Crippen LogP contribution >= 0.6 is 11.6 Å². The molecule has 0 aromatic heterocycles. The number of nitrogens with zero attached hydrogens (tertiary/aromatic N) is 2. The first kappa shape index (κ1) is 23.8. The van der Waals surface area contributed by atoms with E-state index in [0.29, 0.717) is 40.7 Å². The molecule has 2 aromatic carbocycles. The second kappa shape index (κ2) is 10.2. The molecule has 32 heavy (non-hydrogen) atoms. The summed E-state index contributed by atoms with van der Waals surface area (Å²) < 4.78 is 43.0. The average Bonchev–Trinajstić information content (AvgIpc) is 3.29. The van der Waals surface area contributed by atoms with Gasteiger partial charge in [-0.3, -0.25) is 4.79 Å². The molecule has 0 spiro atoms. The Bertz CT molecular complexity index is 1080. The second-order valence-corrected chi connectivity index (χ2v) is 9.25. The number of hydrazone groups is 1. The minimum absolute atomic E-state index is 0.0857. The first-order valence-electron chi connectivity index (χ1n) is 9.72. The number of hydrogen-bond acceptors (Lipinski definition) is 7. The number of sulfonamides is 1. The van der Waals surface area contributed by atoms with E-state index in [-0.39, 0.29) is 11.4 Å². The molecule has 1 amide bonds. The van der Waals surface area contributed by atoms with Gasteiger partial charge in [0.05, 0.1) is 32.4 Å². The van der Waals surface area contributed by atoms with Crippen LogP contribution in [0.1, 0.15) is 18.4 Å². The summed E-state index contributed by atoms with van der Waals surface area (Å²) in [6.07, 6.45) is 2.38. The largest absolute Gasteiger partial charge is 0.493 e. The molecule has 9 nitrogen and oxygen atoms in total. The predicted octanol–water partition coefficient (Wildman–Crippen LogP) is 2.67. The molecule has 1 fully saturated rings. The fraction of sp³-hybridized carbons (Fsp3) is 0.333. The van der Waals surface area contributed by atoms with Gasteiger partial charge in [0.25, 0.3) is 5.91 Å². The number of halogens is 1. The van der Waals surface area contributed by atoms with Crippen molar-refractivity contribution in [3.63, 3.8) is 0 Å². The van der Waals surface area contributed by atoms with Crippen molar-refractivity contribution in [2.45, 2.75) is 23.8 Å². The molecular formula is C21H24ClN3O6S. The normalized spacial score (nSPS) is 16.8. The van der Waals surface area contributed by atoms with Crippen LogP contribution in [0.4, 0.5) is 0 Å². The number of carbonyl (C=O) groups excluding carboxylic acids is 1.